The van der Waals surface area contributed by atoms with Crippen molar-refractivity contribution in [1.29, 1.82) is 0 Å². The minimum atomic E-state index is 0. The van der Waals surface area contributed by atoms with Crippen molar-refractivity contribution >= 4 is 53.1 Å². The van der Waals surface area contributed by atoms with E-state index in [0.29, 0.717) is 41.6 Å². The van der Waals surface area contributed by atoms with Gasteiger partial charge in [0.25, 0.3) is 0 Å². The predicted molar refractivity (Wildman–Crippen MR) is 96.1 cm³/mol. The summed E-state index contributed by atoms with van der Waals surface area (Å²) in [5, 5.41) is 3.81. The molecule has 0 bridgehead atoms. The maximum absolute atomic E-state index is 5.92. The fraction of sp³-hybridized carbons (Fsp3) is 0.500. The van der Waals surface area contributed by atoms with Crippen LogP contribution in [0, 0.1) is 0 Å². The summed E-state index contributed by atoms with van der Waals surface area (Å²) in [6.07, 6.45) is 1.47. The number of pyridine rings is 1. The monoisotopic (exact) mass is 448 g/mol. The van der Waals surface area contributed by atoms with E-state index in [1.165, 1.54) is 6.20 Å². The number of hydrogen-bond donors (Lipinski definition) is 2. The van der Waals surface area contributed by atoms with E-state index in [1.807, 2.05) is 6.92 Å². The largest absolute Gasteiger partial charge is 0.475 e. The topological polar surface area (TPSA) is 81.8 Å². The van der Waals surface area contributed by atoms with Crippen LogP contribution in [0.1, 0.15) is 6.92 Å². The molecule has 120 valence electrons. The zero-order valence-corrected chi connectivity index (χ0v) is 15.6. The highest BCUT2D eigenvalue weighted by atomic mass is 127. The number of aromatic nitrogens is 1. The second kappa shape index (κ2) is 11.1. The summed E-state index contributed by atoms with van der Waals surface area (Å²) >= 11 is 11.7. The Labute approximate surface area is 151 Å². The molecule has 3 N–H and O–H groups in total. The van der Waals surface area contributed by atoms with Gasteiger partial charge in [-0.15, -0.1) is 24.0 Å². The van der Waals surface area contributed by atoms with Crippen LogP contribution in [0.2, 0.25) is 10.0 Å². The van der Waals surface area contributed by atoms with E-state index in [-0.39, 0.29) is 30.0 Å². The third kappa shape index (κ3) is 8.50. The van der Waals surface area contributed by atoms with Crippen molar-refractivity contribution in [3.05, 3.63) is 22.3 Å². The Morgan fingerprint density at radius 2 is 2.24 bits per heavy atom. The van der Waals surface area contributed by atoms with Crippen LogP contribution in [-0.2, 0) is 4.74 Å². The van der Waals surface area contributed by atoms with E-state index in [4.69, 9.17) is 38.4 Å². The number of halogens is 3. The zero-order valence-electron chi connectivity index (χ0n) is 11.8. The molecule has 0 spiro atoms. The van der Waals surface area contributed by atoms with E-state index in [1.54, 1.807) is 13.2 Å². The summed E-state index contributed by atoms with van der Waals surface area (Å²) in [5.41, 5.74) is 5.70. The van der Waals surface area contributed by atoms with Gasteiger partial charge in [0.05, 0.1) is 18.2 Å². The summed E-state index contributed by atoms with van der Waals surface area (Å²) in [5.74, 6) is 0.666. The molecule has 1 unspecified atom stereocenters. The van der Waals surface area contributed by atoms with Gasteiger partial charge < -0.3 is 20.5 Å². The van der Waals surface area contributed by atoms with Gasteiger partial charge in [0.15, 0.2) is 5.96 Å². The van der Waals surface area contributed by atoms with Gasteiger partial charge in [-0.25, -0.2) is 9.98 Å². The Balaban J connectivity index is 0.00000400. The van der Waals surface area contributed by atoms with Crippen molar-refractivity contribution < 1.29 is 9.47 Å². The van der Waals surface area contributed by atoms with Crippen LogP contribution in [-0.4, -0.2) is 43.9 Å². The van der Waals surface area contributed by atoms with Crippen molar-refractivity contribution in [2.45, 2.75) is 13.0 Å². The molecule has 1 rings (SSSR count). The number of methoxy groups -OCH3 is 1. The van der Waals surface area contributed by atoms with Gasteiger partial charge in [-0.3, -0.25) is 0 Å². The highest BCUT2D eigenvalue weighted by Gasteiger charge is 2.04. The van der Waals surface area contributed by atoms with E-state index >= 15 is 0 Å². The molecule has 9 heteroatoms. The molecular formula is C12H19Cl2IN4O2. The number of nitrogens with zero attached hydrogens (tertiary/aromatic N) is 2. The number of guanidine groups is 1. The lowest BCUT2D eigenvalue weighted by Gasteiger charge is -2.13. The molecule has 6 nitrogen and oxygen atoms in total. The van der Waals surface area contributed by atoms with Crippen LogP contribution in [0.25, 0.3) is 0 Å². The smallest absolute Gasteiger partial charge is 0.232 e. The van der Waals surface area contributed by atoms with E-state index < -0.39 is 0 Å². The van der Waals surface area contributed by atoms with Crippen LogP contribution in [0.4, 0.5) is 0 Å². The van der Waals surface area contributed by atoms with E-state index in [2.05, 4.69) is 15.3 Å². The summed E-state index contributed by atoms with van der Waals surface area (Å²) in [6, 6.07) is 1.66. The number of nitrogens with two attached hydrogens (primary N) is 1. The van der Waals surface area contributed by atoms with Crippen LogP contribution in [0.15, 0.2) is 17.3 Å². The van der Waals surface area contributed by atoms with Gasteiger partial charge in [0.1, 0.15) is 11.6 Å². The van der Waals surface area contributed by atoms with Gasteiger partial charge >= 0.3 is 0 Å². The second-order valence-electron chi connectivity index (χ2n) is 4.06. The lowest BCUT2D eigenvalue weighted by atomic mass is 10.4. The first-order chi connectivity index (χ1) is 9.52. The average molecular weight is 449 g/mol. The Morgan fingerprint density at radius 3 is 2.86 bits per heavy atom. The van der Waals surface area contributed by atoms with Crippen molar-refractivity contribution in [3.8, 4) is 5.88 Å². The number of aliphatic imine (C=N–C) groups is 1. The Bertz CT molecular complexity index is 463. The molecule has 1 atom stereocenters. The molecule has 0 aliphatic heterocycles. The number of ether oxygens (including phenoxy) is 2. The second-order valence-corrected chi connectivity index (χ2v) is 4.90. The van der Waals surface area contributed by atoms with Crippen molar-refractivity contribution in [2.75, 3.05) is 26.9 Å². The van der Waals surface area contributed by atoms with Crippen molar-refractivity contribution in [1.82, 2.24) is 10.3 Å². The fourth-order valence-electron chi connectivity index (χ4n) is 1.41. The molecule has 0 aliphatic rings. The van der Waals surface area contributed by atoms with Crippen LogP contribution in [0.3, 0.4) is 0 Å². The lowest BCUT2D eigenvalue weighted by molar-refractivity contribution is 0.179. The van der Waals surface area contributed by atoms with Gasteiger partial charge in [-0.05, 0) is 13.0 Å². The Hall–Kier alpha value is -0.510. The molecule has 1 aromatic rings. The molecule has 0 aromatic carbocycles. The summed E-state index contributed by atoms with van der Waals surface area (Å²) in [4.78, 5) is 8.08. The molecular weight excluding hydrogens is 430 g/mol. The number of rotatable bonds is 7. The zero-order chi connectivity index (χ0) is 15.0. The van der Waals surface area contributed by atoms with Crippen molar-refractivity contribution in [3.63, 3.8) is 0 Å². The van der Waals surface area contributed by atoms with Gasteiger partial charge in [0.2, 0.25) is 5.88 Å². The maximum atomic E-state index is 5.92. The average Bonchev–Trinajstić information content (AvgIpc) is 2.36. The van der Waals surface area contributed by atoms with Crippen LogP contribution < -0.4 is 15.8 Å². The SMILES string of the molecule is COCC(C)NC(N)=NCCOc1ncc(Cl)cc1Cl.I. The molecule has 21 heavy (non-hydrogen) atoms. The number of nitrogens with one attached hydrogen (secondary N) is 1. The third-order valence-corrected chi connectivity index (χ3v) is 2.67. The standard InChI is InChI=1S/C12H18Cl2N4O2.HI/c1-8(7-19-2)18-12(15)16-3-4-20-11-10(14)5-9(13)6-17-11;/h5-6,8H,3-4,7H2,1-2H3,(H3,15,16,18);1H. The van der Waals surface area contributed by atoms with Gasteiger partial charge in [0, 0.05) is 19.3 Å². The molecule has 1 heterocycles. The lowest BCUT2D eigenvalue weighted by Crippen LogP contribution is -2.40. The molecule has 0 radical (unpaired) electrons. The third-order valence-electron chi connectivity index (χ3n) is 2.20. The minimum Gasteiger partial charge on any atom is -0.475 e. The Kier molecular flexibility index (Phi) is 10.8. The maximum Gasteiger partial charge on any atom is 0.232 e. The minimum absolute atomic E-state index is 0. The molecule has 0 saturated heterocycles. The Morgan fingerprint density at radius 1 is 1.52 bits per heavy atom. The fourth-order valence-corrected chi connectivity index (χ4v) is 1.84. The first-order valence-corrected chi connectivity index (χ1v) is 6.77. The summed E-state index contributed by atoms with van der Waals surface area (Å²) < 4.78 is 10.4. The van der Waals surface area contributed by atoms with E-state index in [9.17, 15) is 0 Å². The highest BCUT2D eigenvalue weighted by Crippen LogP contribution is 2.24. The molecule has 0 saturated carbocycles. The van der Waals surface area contributed by atoms with E-state index in [0.717, 1.165) is 0 Å². The van der Waals surface area contributed by atoms with Crippen molar-refractivity contribution in [2.24, 2.45) is 10.7 Å². The molecule has 1 aromatic heterocycles. The first kappa shape index (κ1) is 20.5. The van der Waals surface area contributed by atoms with Crippen LogP contribution in [0.5, 0.6) is 5.88 Å². The summed E-state index contributed by atoms with van der Waals surface area (Å²) in [6.45, 7) is 3.20. The molecule has 0 fully saturated rings. The van der Waals surface area contributed by atoms with Gasteiger partial charge in [-0.1, -0.05) is 23.2 Å². The highest BCUT2D eigenvalue weighted by molar-refractivity contribution is 14.0. The summed E-state index contributed by atoms with van der Waals surface area (Å²) in [7, 11) is 1.63. The first-order valence-electron chi connectivity index (χ1n) is 6.02. The normalized spacial score (nSPS) is 12.5. The molecule has 0 amide bonds. The molecule has 0 aliphatic carbocycles. The van der Waals surface area contributed by atoms with Crippen LogP contribution >= 0.6 is 47.2 Å². The quantitative estimate of drug-likeness (QED) is 0.289. The number of hydrogen-bond acceptors (Lipinski definition) is 4. The van der Waals surface area contributed by atoms with Gasteiger partial charge in [-0.2, -0.15) is 0 Å². The predicted octanol–water partition coefficient (Wildman–Crippen LogP) is 2.32.